The molecule has 1 amide bonds. The van der Waals surface area contributed by atoms with Crippen LogP contribution in [0.25, 0.3) is 11.5 Å². The number of amides is 1. The molecule has 1 N–H and O–H groups in total. The molecule has 0 radical (unpaired) electrons. The molecule has 0 atom stereocenters. The molecule has 0 unspecified atom stereocenters. The SMILES string of the molecule is Cc1cc(-c2noc(CNC(=O)Cn3cccc3)n2)no1. The second kappa shape index (κ2) is 5.61. The van der Waals surface area contributed by atoms with E-state index >= 15 is 0 Å². The number of aromatic nitrogens is 4. The first-order valence-electron chi connectivity index (χ1n) is 6.34. The fraction of sp³-hybridized carbons (Fsp3) is 0.231. The van der Waals surface area contributed by atoms with Crippen LogP contribution in [0.15, 0.2) is 39.6 Å². The number of hydrogen-bond donors (Lipinski definition) is 1. The van der Waals surface area contributed by atoms with Gasteiger partial charge in [-0.3, -0.25) is 4.79 Å². The summed E-state index contributed by atoms with van der Waals surface area (Å²) in [5.74, 6) is 1.17. The topological polar surface area (TPSA) is 99.0 Å². The average molecular weight is 287 g/mol. The van der Waals surface area contributed by atoms with Crippen LogP contribution in [0, 0.1) is 6.92 Å². The summed E-state index contributed by atoms with van der Waals surface area (Å²) in [7, 11) is 0. The van der Waals surface area contributed by atoms with Crippen LogP contribution in [0.5, 0.6) is 0 Å². The molecule has 3 heterocycles. The van der Waals surface area contributed by atoms with Crippen LogP contribution in [0.4, 0.5) is 0 Å². The smallest absolute Gasteiger partial charge is 0.246 e. The Labute approximate surface area is 119 Å². The molecule has 3 rings (SSSR count). The average Bonchev–Trinajstić information content (AvgIpc) is 3.17. The van der Waals surface area contributed by atoms with Gasteiger partial charge in [0.1, 0.15) is 12.3 Å². The summed E-state index contributed by atoms with van der Waals surface area (Å²) in [6, 6.07) is 5.42. The van der Waals surface area contributed by atoms with Gasteiger partial charge in [0.2, 0.25) is 17.6 Å². The van der Waals surface area contributed by atoms with Crippen molar-refractivity contribution in [3.8, 4) is 11.5 Å². The number of hydrogen-bond acceptors (Lipinski definition) is 6. The predicted molar refractivity (Wildman–Crippen MR) is 70.8 cm³/mol. The second-order valence-corrected chi connectivity index (χ2v) is 4.47. The number of carbonyl (C=O) groups is 1. The molecule has 0 aliphatic heterocycles. The summed E-state index contributed by atoms with van der Waals surface area (Å²) in [6.07, 6.45) is 3.63. The first-order chi connectivity index (χ1) is 10.2. The van der Waals surface area contributed by atoms with E-state index in [0.29, 0.717) is 23.2 Å². The molecule has 0 spiro atoms. The fourth-order valence-corrected chi connectivity index (χ4v) is 1.77. The Hall–Kier alpha value is -2.90. The third-order valence-electron chi connectivity index (χ3n) is 2.75. The quantitative estimate of drug-likeness (QED) is 0.755. The first-order valence-corrected chi connectivity index (χ1v) is 6.34. The fourth-order valence-electron chi connectivity index (χ4n) is 1.77. The van der Waals surface area contributed by atoms with E-state index in [1.54, 1.807) is 17.6 Å². The van der Waals surface area contributed by atoms with Gasteiger partial charge in [-0.15, -0.1) is 0 Å². The van der Waals surface area contributed by atoms with Gasteiger partial charge in [-0.1, -0.05) is 10.3 Å². The van der Waals surface area contributed by atoms with Gasteiger partial charge in [0, 0.05) is 18.5 Å². The van der Waals surface area contributed by atoms with Crippen molar-refractivity contribution in [1.29, 1.82) is 0 Å². The van der Waals surface area contributed by atoms with Gasteiger partial charge in [0.15, 0.2) is 5.69 Å². The van der Waals surface area contributed by atoms with Gasteiger partial charge in [0.25, 0.3) is 0 Å². The minimum atomic E-state index is -0.136. The van der Waals surface area contributed by atoms with Crippen molar-refractivity contribution < 1.29 is 13.8 Å². The zero-order chi connectivity index (χ0) is 14.7. The van der Waals surface area contributed by atoms with Gasteiger partial charge in [-0.25, -0.2) is 0 Å². The number of nitrogens with zero attached hydrogens (tertiary/aromatic N) is 4. The minimum Gasteiger partial charge on any atom is -0.361 e. The lowest BCUT2D eigenvalue weighted by molar-refractivity contribution is -0.121. The Morgan fingerprint density at radius 1 is 1.29 bits per heavy atom. The second-order valence-electron chi connectivity index (χ2n) is 4.47. The van der Waals surface area contributed by atoms with E-state index in [1.165, 1.54) is 0 Å². The molecule has 0 aromatic carbocycles. The highest BCUT2D eigenvalue weighted by atomic mass is 16.5. The van der Waals surface area contributed by atoms with E-state index in [0.717, 1.165) is 0 Å². The summed E-state index contributed by atoms with van der Waals surface area (Å²) < 4.78 is 11.8. The monoisotopic (exact) mass is 287 g/mol. The van der Waals surface area contributed by atoms with Gasteiger partial charge >= 0.3 is 0 Å². The highest BCUT2D eigenvalue weighted by molar-refractivity contribution is 5.75. The molecular formula is C13H13N5O3. The van der Waals surface area contributed by atoms with Crippen LogP contribution in [0.2, 0.25) is 0 Å². The van der Waals surface area contributed by atoms with E-state index in [1.807, 2.05) is 24.5 Å². The number of nitrogens with one attached hydrogen (secondary N) is 1. The lowest BCUT2D eigenvalue weighted by atomic mass is 10.4. The molecule has 0 saturated heterocycles. The molecular weight excluding hydrogens is 274 g/mol. The molecule has 0 bridgehead atoms. The van der Waals surface area contributed by atoms with E-state index in [9.17, 15) is 4.79 Å². The standard InChI is InChI=1S/C13H13N5O3/c1-9-6-10(16-20-9)13-15-12(21-17-13)7-14-11(19)8-18-4-2-3-5-18/h2-6H,7-8H2,1H3,(H,14,19). The number of aryl methyl sites for hydroxylation is 1. The molecule has 3 aromatic rings. The van der Waals surface area contributed by atoms with E-state index in [2.05, 4.69) is 20.6 Å². The van der Waals surface area contributed by atoms with Gasteiger partial charge in [0.05, 0.1) is 6.54 Å². The molecule has 0 fully saturated rings. The summed E-state index contributed by atoms with van der Waals surface area (Å²) in [5.41, 5.74) is 0.501. The van der Waals surface area contributed by atoms with Crippen LogP contribution >= 0.6 is 0 Å². The van der Waals surface area contributed by atoms with Crippen molar-refractivity contribution in [2.24, 2.45) is 0 Å². The largest absolute Gasteiger partial charge is 0.361 e. The first kappa shape index (κ1) is 13.1. The Bertz CT molecular complexity index is 729. The minimum absolute atomic E-state index is 0.136. The molecule has 0 saturated carbocycles. The third-order valence-corrected chi connectivity index (χ3v) is 2.75. The summed E-state index contributed by atoms with van der Waals surface area (Å²) in [4.78, 5) is 15.9. The maximum absolute atomic E-state index is 11.7. The molecule has 8 heteroatoms. The summed E-state index contributed by atoms with van der Waals surface area (Å²) in [6.45, 7) is 2.19. The van der Waals surface area contributed by atoms with Crippen LogP contribution < -0.4 is 5.32 Å². The molecule has 0 aliphatic carbocycles. The van der Waals surface area contributed by atoms with Crippen molar-refractivity contribution in [1.82, 2.24) is 25.2 Å². The molecule has 8 nitrogen and oxygen atoms in total. The zero-order valence-electron chi connectivity index (χ0n) is 11.3. The predicted octanol–water partition coefficient (Wildman–Crippen LogP) is 1.15. The summed E-state index contributed by atoms with van der Waals surface area (Å²) >= 11 is 0. The Kier molecular flexibility index (Phi) is 3.50. The molecule has 21 heavy (non-hydrogen) atoms. The lowest BCUT2D eigenvalue weighted by Crippen LogP contribution is -2.26. The van der Waals surface area contributed by atoms with Crippen molar-refractivity contribution in [3.63, 3.8) is 0 Å². The number of rotatable bonds is 5. The maximum atomic E-state index is 11.7. The molecule has 0 aliphatic rings. The summed E-state index contributed by atoms with van der Waals surface area (Å²) in [5, 5.41) is 10.3. The number of carbonyl (C=O) groups excluding carboxylic acids is 1. The van der Waals surface area contributed by atoms with E-state index in [-0.39, 0.29) is 19.0 Å². The van der Waals surface area contributed by atoms with Crippen molar-refractivity contribution in [2.45, 2.75) is 20.0 Å². The van der Waals surface area contributed by atoms with Crippen molar-refractivity contribution in [2.75, 3.05) is 0 Å². The zero-order valence-corrected chi connectivity index (χ0v) is 11.3. The lowest BCUT2D eigenvalue weighted by Gasteiger charge is -2.02. The van der Waals surface area contributed by atoms with Gasteiger partial charge < -0.3 is 18.9 Å². The molecule has 3 aromatic heterocycles. The Morgan fingerprint density at radius 2 is 2.10 bits per heavy atom. The van der Waals surface area contributed by atoms with Crippen LogP contribution in [-0.2, 0) is 17.9 Å². The van der Waals surface area contributed by atoms with Crippen LogP contribution in [-0.4, -0.2) is 25.8 Å². The van der Waals surface area contributed by atoms with Gasteiger partial charge in [-0.2, -0.15) is 4.98 Å². The van der Waals surface area contributed by atoms with Crippen molar-refractivity contribution >= 4 is 5.91 Å². The van der Waals surface area contributed by atoms with E-state index in [4.69, 9.17) is 9.05 Å². The molecule has 108 valence electrons. The highest BCUT2D eigenvalue weighted by Gasteiger charge is 2.13. The Balaban J connectivity index is 1.56. The third kappa shape index (κ3) is 3.16. The van der Waals surface area contributed by atoms with Gasteiger partial charge in [-0.05, 0) is 19.1 Å². The van der Waals surface area contributed by atoms with E-state index < -0.39 is 0 Å². The van der Waals surface area contributed by atoms with Crippen LogP contribution in [0.1, 0.15) is 11.7 Å². The van der Waals surface area contributed by atoms with Crippen molar-refractivity contribution in [3.05, 3.63) is 42.2 Å². The van der Waals surface area contributed by atoms with Crippen LogP contribution in [0.3, 0.4) is 0 Å². The Morgan fingerprint density at radius 3 is 2.81 bits per heavy atom. The maximum Gasteiger partial charge on any atom is 0.246 e. The highest BCUT2D eigenvalue weighted by Crippen LogP contribution is 2.14. The normalized spacial score (nSPS) is 10.7.